The second-order valence-electron chi connectivity index (χ2n) is 7.22. The summed E-state index contributed by atoms with van der Waals surface area (Å²) >= 11 is 0. The fraction of sp³-hybridized carbons (Fsp3) is 1.00. The lowest BCUT2D eigenvalue weighted by Gasteiger charge is -2.53. The summed E-state index contributed by atoms with van der Waals surface area (Å²) in [6.45, 7) is 10.3. The fourth-order valence-corrected chi connectivity index (χ4v) is 4.18. The van der Waals surface area contributed by atoms with E-state index < -0.39 is 0 Å². The largest absolute Gasteiger partial charge is 0.383 e. The molecule has 1 aliphatic heterocycles. The Morgan fingerprint density at radius 1 is 1.25 bits per heavy atom. The second kappa shape index (κ2) is 7.24. The van der Waals surface area contributed by atoms with E-state index in [1.54, 1.807) is 0 Å². The summed E-state index contributed by atoms with van der Waals surface area (Å²) in [5.74, 6) is 0.703. The van der Waals surface area contributed by atoms with Crippen molar-refractivity contribution in [2.45, 2.75) is 76.9 Å². The van der Waals surface area contributed by atoms with Crippen LogP contribution >= 0.6 is 0 Å². The Balaban J connectivity index is 2.12. The molecule has 118 valence electrons. The Morgan fingerprint density at radius 3 is 2.50 bits per heavy atom. The quantitative estimate of drug-likeness (QED) is 0.839. The molecule has 2 fully saturated rings. The summed E-state index contributed by atoms with van der Waals surface area (Å²) in [6, 6.07) is 1.23. The average Bonchev–Trinajstić information content (AvgIpc) is 2.45. The number of methoxy groups -OCH3 is 1. The molecule has 1 aliphatic carbocycles. The van der Waals surface area contributed by atoms with Crippen LogP contribution in [0.5, 0.6) is 0 Å². The van der Waals surface area contributed by atoms with Crippen molar-refractivity contribution < 1.29 is 4.74 Å². The third-order valence-electron chi connectivity index (χ3n) is 5.48. The predicted octanol–water partition coefficient (Wildman–Crippen LogP) is 3.04. The Hall–Kier alpha value is -0.120. The van der Waals surface area contributed by atoms with Crippen LogP contribution in [-0.4, -0.2) is 49.3 Å². The molecule has 1 saturated heterocycles. The molecule has 20 heavy (non-hydrogen) atoms. The van der Waals surface area contributed by atoms with Crippen molar-refractivity contribution in [2.75, 3.05) is 26.8 Å². The van der Waals surface area contributed by atoms with Gasteiger partial charge in [0.1, 0.15) is 0 Å². The van der Waals surface area contributed by atoms with Crippen molar-refractivity contribution in [1.29, 1.82) is 0 Å². The molecule has 0 aromatic carbocycles. The van der Waals surface area contributed by atoms with E-state index in [-0.39, 0.29) is 0 Å². The lowest BCUT2D eigenvalue weighted by molar-refractivity contribution is -0.0189. The number of piperazine rings is 1. The van der Waals surface area contributed by atoms with Gasteiger partial charge < -0.3 is 10.1 Å². The molecule has 0 aromatic rings. The number of nitrogens with one attached hydrogen (secondary N) is 1. The first kappa shape index (κ1) is 16.3. The molecule has 2 atom stereocenters. The van der Waals surface area contributed by atoms with Crippen LogP contribution in [0.2, 0.25) is 0 Å². The van der Waals surface area contributed by atoms with Crippen molar-refractivity contribution in [1.82, 2.24) is 10.2 Å². The van der Waals surface area contributed by atoms with Crippen LogP contribution in [0.1, 0.15) is 59.3 Å². The summed E-state index contributed by atoms with van der Waals surface area (Å²) in [7, 11) is 1.84. The van der Waals surface area contributed by atoms with Crippen LogP contribution in [0, 0.1) is 5.92 Å². The van der Waals surface area contributed by atoms with Crippen LogP contribution < -0.4 is 5.32 Å². The Morgan fingerprint density at radius 2 is 1.95 bits per heavy atom. The summed E-state index contributed by atoms with van der Waals surface area (Å²) in [5, 5.41) is 3.93. The van der Waals surface area contributed by atoms with Gasteiger partial charge in [-0.25, -0.2) is 0 Å². The highest BCUT2D eigenvalue weighted by molar-refractivity contribution is 5.01. The lowest BCUT2D eigenvalue weighted by Crippen LogP contribution is -2.68. The summed E-state index contributed by atoms with van der Waals surface area (Å²) in [6.07, 6.45) is 8.12. The molecule has 0 amide bonds. The van der Waals surface area contributed by atoms with Gasteiger partial charge in [-0.3, -0.25) is 4.90 Å². The summed E-state index contributed by atoms with van der Waals surface area (Å²) in [4.78, 5) is 2.77. The minimum absolute atomic E-state index is 0.394. The molecule has 1 spiro atoms. The van der Waals surface area contributed by atoms with Gasteiger partial charge in [-0.1, -0.05) is 40.0 Å². The zero-order chi connectivity index (χ0) is 14.6. The van der Waals surface area contributed by atoms with Crippen LogP contribution in [0.3, 0.4) is 0 Å². The predicted molar refractivity (Wildman–Crippen MR) is 85.1 cm³/mol. The lowest BCUT2D eigenvalue weighted by atomic mass is 9.78. The molecule has 1 heterocycles. The average molecular weight is 282 g/mol. The van der Waals surface area contributed by atoms with Crippen molar-refractivity contribution in [2.24, 2.45) is 5.92 Å². The molecule has 2 rings (SSSR count). The monoisotopic (exact) mass is 282 g/mol. The van der Waals surface area contributed by atoms with Gasteiger partial charge in [-0.2, -0.15) is 0 Å². The normalized spacial score (nSPS) is 28.9. The van der Waals surface area contributed by atoms with E-state index in [9.17, 15) is 0 Å². The van der Waals surface area contributed by atoms with Crippen molar-refractivity contribution in [3.8, 4) is 0 Å². The maximum Gasteiger partial charge on any atom is 0.0618 e. The smallest absolute Gasteiger partial charge is 0.0618 e. The van der Waals surface area contributed by atoms with Gasteiger partial charge in [-0.05, 0) is 25.2 Å². The zero-order valence-corrected chi connectivity index (χ0v) is 14.0. The summed E-state index contributed by atoms with van der Waals surface area (Å²) < 4.78 is 5.49. The SMILES string of the molecule is CCC(COC)N1CC2(CCCCC2)NCC1C(C)C. The first-order valence-electron chi connectivity index (χ1n) is 8.61. The highest BCUT2D eigenvalue weighted by Crippen LogP contribution is 2.34. The minimum atomic E-state index is 0.394. The first-order chi connectivity index (χ1) is 9.62. The van der Waals surface area contributed by atoms with E-state index in [0.717, 1.165) is 13.2 Å². The van der Waals surface area contributed by atoms with Gasteiger partial charge in [-0.15, -0.1) is 0 Å². The van der Waals surface area contributed by atoms with E-state index >= 15 is 0 Å². The van der Waals surface area contributed by atoms with Gasteiger partial charge in [0.2, 0.25) is 0 Å². The van der Waals surface area contributed by atoms with Crippen molar-refractivity contribution in [3.05, 3.63) is 0 Å². The molecular formula is C17H34N2O. The molecule has 0 radical (unpaired) electrons. The zero-order valence-electron chi connectivity index (χ0n) is 14.0. The maximum absolute atomic E-state index is 5.49. The molecule has 1 N–H and O–H groups in total. The molecule has 0 bridgehead atoms. The molecule has 1 saturated carbocycles. The first-order valence-corrected chi connectivity index (χ1v) is 8.61. The third kappa shape index (κ3) is 3.55. The molecule has 0 aromatic heterocycles. The fourth-order valence-electron chi connectivity index (χ4n) is 4.18. The van der Waals surface area contributed by atoms with Crippen LogP contribution in [0.4, 0.5) is 0 Å². The standard InChI is InChI=1S/C17H34N2O/c1-5-15(12-20-4)19-13-17(9-7-6-8-10-17)18-11-16(19)14(2)3/h14-16,18H,5-13H2,1-4H3. The number of hydrogen-bond donors (Lipinski definition) is 1. The molecule has 2 aliphatic rings. The van der Waals surface area contributed by atoms with Crippen LogP contribution in [-0.2, 0) is 4.74 Å². The Labute approximate surface area is 125 Å². The molecule has 2 unspecified atom stereocenters. The van der Waals surface area contributed by atoms with E-state index in [4.69, 9.17) is 4.74 Å². The van der Waals surface area contributed by atoms with Gasteiger partial charge in [0.25, 0.3) is 0 Å². The number of ether oxygens (including phenoxy) is 1. The highest BCUT2D eigenvalue weighted by Gasteiger charge is 2.42. The van der Waals surface area contributed by atoms with Crippen molar-refractivity contribution in [3.63, 3.8) is 0 Å². The number of rotatable bonds is 5. The van der Waals surface area contributed by atoms with Crippen LogP contribution in [0.15, 0.2) is 0 Å². The Kier molecular flexibility index (Phi) is 5.88. The molecule has 3 heteroatoms. The highest BCUT2D eigenvalue weighted by atomic mass is 16.5. The second-order valence-corrected chi connectivity index (χ2v) is 7.22. The minimum Gasteiger partial charge on any atom is -0.383 e. The van der Waals surface area contributed by atoms with Gasteiger partial charge in [0.15, 0.2) is 0 Å². The van der Waals surface area contributed by atoms with Gasteiger partial charge in [0.05, 0.1) is 6.61 Å². The van der Waals surface area contributed by atoms with Crippen molar-refractivity contribution >= 4 is 0 Å². The number of nitrogens with zero attached hydrogens (tertiary/aromatic N) is 1. The molecule has 3 nitrogen and oxygen atoms in total. The van der Waals surface area contributed by atoms with Crippen LogP contribution in [0.25, 0.3) is 0 Å². The summed E-state index contributed by atoms with van der Waals surface area (Å²) in [5.41, 5.74) is 0.394. The Bertz CT molecular complexity index is 287. The number of hydrogen-bond acceptors (Lipinski definition) is 3. The van der Waals surface area contributed by atoms with E-state index in [2.05, 4.69) is 31.0 Å². The maximum atomic E-state index is 5.49. The van der Waals surface area contributed by atoms with E-state index in [0.29, 0.717) is 23.5 Å². The van der Waals surface area contributed by atoms with E-state index in [1.807, 2.05) is 7.11 Å². The van der Waals surface area contributed by atoms with E-state index in [1.165, 1.54) is 45.1 Å². The third-order valence-corrected chi connectivity index (χ3v) is 5.48. The van der Waals surface area contributed by atoms with Gasteiger partial charge in [0, 0.05) is 37.8 Å². The topological polar surface area (TPSA) is 24.5 Å². The molecular weight excluding hydrogens is 248 g/mol. The van der Waals surface area contributed by atoms with Gasteiger partial charge >= 0.3 is 0 Å².